The van der Waals surface area contributed by atoms with Gasteiger partial charge in [-0.2, -0.15) is 0 Å². The highest BCUT2D eigenvalue weighted by Gasteiger charge is 2.42. The summed E-state index contributed by atoms with van der Waals surface area (Å²) in [7, 11) is 0. The van der Waals surface area contributed by atoms with Crippen LogP contribution in [0.2, 0.25) is 10.0 Å². The number of carbonyl (C=O) groups is 1. The van der Waals surface area contributed by atoms with Crippen LogP contribution in [-0.4, -0.2) is 22.9 Å². The smallest absolute Gasteiger partial charge is 0.223 e. The Hall–Kier alpha value is -0.770. The quantitative estimate of drug-likeness (QED) is 0.908. The van der Waals surface area contributed by atoms with Gasteiger partial charge >= 0.3 is 0 Å². The second-order valence-corrected chi connectivity index (χ2v) is 6.46. The Morgan fingerprint density at radius 2 is 1.95 bits per heavy atom. The predicted octanol–water partition coefficient (Wildman–Crippen LogP) is 3.54. The van der Waals surface area contributed by atoms with Crippen LogP contribution in [0.5, 0.6) is 0 Å². The zero-order chi connectivity index (χ0) is 14.3. The number of hydrogen-bond donors (Lipinski definition) is 1. The Morgan fingerprint density at radius 3 is 2.65 bits per heavy atom. The van der Waals surface area contributed by atoms with Crippen molar-refractivity contribution in [3.63, 3.8) is 0 Å². The summed E-state index contributed by atoms with van der Waals surface area (Å²) in [5.41, 5.74) is 7.24. The van der Waals surface area contributed by atoms with E-state index in [-0.39, 0.29) is 18.0 Å². The fraction of sp³-hybridized carbons (Fsp3) is 0.533. The van der Waals surface area contributed by atoms with E-state index in [9.17, 15) is 4.79 Å². The van der Waals surface area contributed by atoms with Crippen molar-refractivity contribution in [3.05, 3.63) is 33.8 Å². The Balaban J connectivity index is 2.05. The first-order chi connectivity index (χ1) is 9.59. The summed E-state index contributed by atoms with van der Waals surface area (Å²) in [5.74, 6) is 0.196. The second kappa shape index (κ2) is 5.55. The van der Waals surface area contributed by atoms with Gasteiger partial charge in [0, 0.05) is 18.5 Å². The van der Waals surface area contributed by atoms with E-state index in [0.717, 1.165) is 31.2 Å². The van der Waals surface area contributed by atoms with Crippen LogP contribution in [-0.2, 0) is 4.79 Å². The highest BCUT2D eigenvalue weighted by atomic mass is 35.5. The summed E-state index contributed by atoms with van der Waals surface area (Å²) in [5, 5.41) is 1.04. The molecule has 1 aliphatic carbocycles. The lowest BCUT2D eigenvalue weighted by Crippen LogP contribution is -2.43. The minimum atomic E-state index is -0.149. The van der Waals surface area contributed by atoms with Gasteiger partial charge in [-0.3, -0.25) is 4.79 Å². The lowest BCUT2D eigenvalue weighted by Gasteiger charge is -2.34. The molecule has 1 amide bonds. The van der Waals surface area contributed by atoms with E-state index < -0.39 is 0 Å². The normalized spacial score (nSPS) is 27.6. The molecule has 1 saturated carbocycles. The maximum Gasteiger partial charge on any atom is 0.223 e. The van der Waals surface area contributed by atoms with Crippen molar-refractivity contribution in [1.29, 1.82) is 0 Å². The number of likely N-dealkylation sites (tertiary alicyclic amines) is 1. The maximum absolute atomic E-state index is 12.4. The molecule has 2 aliphatic rings. The van der Waals surface area contributed by atoms with Crippen molar-refractivity contribution in [2.75, 3.05) is 0 Å². The molecule has 0 spiro atoms. The van der Waals surface area contributed by atoms with Crippen molar-refractivity contribution in [3.8, 4) is 0 Å². The van der Waals surface area contributed by atoms with Gasteiger partial charge in [0.05, 0.1) is 16.1 Å². The third-order valence-corrected chi connectivity index (χ3v) is 5.00. The molecule has 20 heavy (non-hydrogen) atoms. The average Bonchev–Trinajstić information content (AvgIpc) is 3.23. The summed E-state index contributed by atoms with van der Waals surface area (Å²) in [6.45, 7) is 0. The van der Waals surface area contributed by atoms with E-state index in [1.165, 1.54) is 0 Å². The Kier molecular flexibility index (Phi) is 3.93. The molecule has 2 fully saturated rings. The fourth-order valence-electron chi connectivity index (χ4n) is 3.05. The molecule has 0 aromatic heterocycles. The molecular weight excluding hydrogens is 295 g/mol. The number of hydrogen-bond acceptors (Lipinski definition) is 2. The van der Waals surface area contributed by atoms with Gasteiger partial charge < -0.3 is 10.6 Å². The van der Waals surface area contributed by atoms with Crippen molar-refractivity contribution >= 4 is 29.1 Å². The monoisotopic (exact) mass is 312 g/mol. The molecule has 2 atom stereocenters. The standard InChI is InChI=1S/C15H18Cl2N2O/c16-11-4-1-3-10(14(11)17)15-12(18)5-2-6-13(20)19(15)9-7-8-9/h1,3-4,9,12,15H,2,5-8,18H2. The van der Waals surface area contributed by atoms with Crippen molar-refractivity contribution in [1.82, 2.24) is 4.90 Å². The van der Waals surface area contributed by atoms with Gasteiger partial charge in [-0.05, 0) is 37.3 Å². The summed E-state index contributed by atoms with van der Waals surface area (Å²) >= 11 is 12.5. The van der Waals surface area contributed by atoms with Gasteiger partial charge in [0.15, 0.2) is 0 Å². The summed E-state index contributed by atoms with van der Waals surface area (Å²) in [6, 6.07) is 5.66. The van der Waals surface area contributed by atoms with E-state index >= 15 is 0 Å². The van der Waals surface area contributed by atoms with Crippen LogP contribution in [0.25, 0.3) is 0 Å². The molecule has 0 radical (unpaired) electrons. The van der Waals surface area contributed by atoms with E-state index in [1.807, 2.05) is 17.0 Å². The SMILES string of the molecule is NC1CCCC(=O)N(C2CC2)C1c1cccc(Cl)c1Cl. The van der Waals surface area contributed by atoms with E-state index in [4.69, 9.17) is 28.9 Å². The van der Waals surface area contributed by atoms with Crippen molar-refractivity contribution in [2.45, 2.75) is 50.2 Å². The molecule has 1 aromatic rings. The lowest BCUT2D eigenvalue weighted by atomic mass is 9.96. The molecular formula is C15H18Cl2N2O. The predicted molar refractivity (Wildman–Crippen MR) is 80.9 cm³/mol. The van der Waals surface area contributed by atoms with Gasteiger partial charge in [-0.15, -0.1) is 0 Å². The largest absolute Gasteiger partial charge is 0.331 e. The second-order valence-electron chi connectivity index (χ2n) is 5.68. The van der Waals surface area contributed by atoms with Crippen LogP contribution in [0.15, 0.2) is 18.2 Å². The summed E-state index contributed by atoms with van der Waals surface area (Å²) in [4.78, 5) is 14.4. The van der Waals surface area contributed by atoms with Crippen LogP contribution in [0, 0.1) is 0 Å². The topological polar surface area (TPSA) is 46.3 Å². The molecule has 1 heterocycles. The van der Waals surface area contributed by atoms with Crippen LogP contribution < -0.4 is 5.73 Å². The molecule has 1 aromatic carbocycles. The maximum atomic E-state index is 12.4. The fourth-order valence-corrected chi connectivity index (χ4v) is 3.47. The third kappa shape index (κ3) is 2.54. The highest BCUT2D eigenvalue weighted by molar-refractivity contribution is 6.42. The van der Waals surface area contributed by atoms with Crippen LogP contribution in [0.1, 0.15) is 43.7 Å². The number of amides is 1. The van der Waals surface area contributed by atoms with Crippen molar-refractivity contribution in [2.24, 2.45) is 5.73 Å². The Morgan fingerprint density at radius 1 is 1.20 bits per heavy atom. The van der Waals surface area contributed by atoms with Gasteiger partial charge in [0.25, 0.3) is 0 Å². The van der Waals surface area contributed by atoms with Gasteiger partial charge in [0.1, 0.15) is 0 Å². The first-order valence-electron chi connectivity index (χ1n) is 7.10. The molecule has 1 saturated heterocycles. The number of nitrogens with two attached hydrogens (primary N) is 1. The zero-order valence-corrected chi connectivity index (χ0v) is 12.7. The van der Waals surface area contributed by atoms with Gasteiger partial charge in [0.2, 0.25) is 5.91 Å². The van der Waals surface area contributed by atoms with Crippen LogP contribution >= 0.6 is 23.2 Å². The molecule has 2 N–H and O–H groups in total. The average molecular weight is 313 g/mol. The van der Waals surface area contributed by atoms with E-state index in [2.05, 4.69) is 0 Å². The van der Waals surface area contributed by atoms with Gasteiger partial charge in [-0.25, -0.2) is 0 Å². The number of benzene rings is 1. The van der Waals surface area contributed by atoms with Crippen molar-refractivity contribution < 1.29 is 4.79 Å². The minimum Gasteiger partial charge on any atom is -0.331 e. The summed E-state index contributed by atoms with van der Waals surface area (Å²) in [6.07, 6.45) is 4.39. The van der Waals surface area contributed by atoms with Crippen LogP contribution in [0.4, 0.5) is 0 Å². The molecule has 3 rings (SSSR count). The molecule has 0 bridgehead atoms. The summed E-state index contributed by atoms with van der Waals surface area (Å²) < 4.78 is 0. The Labute approximate surface area is 129 Å². The van der Waals surface area contributed by atoms with Crippen LogP contribution in [0.3, 0.4) is 0 Å². The number of halogens is 2. The highest BCUT2D eigenvalue weighted by Crippen LogP contribution is 2.42. The first kappa shape index (κ1) is 14.2. The molecule has 1 aliphatic heterocycles. The number of rotatable bonds is 2. The molecule has 2 unspecified atom stereocenters. The molecule has 5 heteroatoms. The zero-order valence-electron chi connectivity index (χ0n) is 11.2. The number of nitrogens with zero attached hydrogens (tertiary/aromatic N) is 1. The first-order valence-corrected chi connectivity index (χ1v) is 7.86. The van der Waals surface area contributed by atoms with Gasteiger partial charge in [-0.1, -0.05) is 35.3 Å². The van der Waals surface area contributed by atoms with E-state index in [1.54, 1.807) is 6.07 Å². The number of carbonyl (C=O) groups excluding carboxylic acids is 1. The minimum absolute atomic E-state index is 0.0852. The molecule has 108 valence electrons. The lowest BCUT2D eigenvalue weighted by molar-refractivity contribution is -0.133. The third-order valence-electron chi connectivity index (χ3n) is 4.16. The van der Waals surface area contributed by atoms with E-state index in [0.29, 0.717) is 22.5 Å². The molecule has 3 nitrogen and oxygen atoms in total. The Bertz CT molecular complexity index is 531.